The third-order valence-corrected chi connectivity index (χ3v) is 2.99. The summed E-state index contributed by atoms with van der Waals surface area (Å²) in [7, 11) is 0. The number of rotatable bonds is 2. The van der Waals surface area contributed by atoms with Gasteiger partial charge in [-0.1, -0.05) is 12.1 Å². The molecule has 1 heterocycles. The molecule has 0 aromatic heterocycles. The topological polar surface area (TPSA) is 29.5 Å². The maximum absolute atomic E-state index is 12.4. The second-order valence-corrected chi connectivity index (χ2v) is 4.19. The predicted octanol–water partition coefficient (Wildman–Crippen LogP) is 2.57. The molecule has 1 aliphatic rings. The van der Waals surface area contributed by atoms with Gasteiger partial charge in [0.15, 0.2) is 0 Å². The second kappa shape index (κ2) is 4.66. The van der Waals surface area contributed by atoms with Crippen LogP contribution in [0.25, 0.3) is 0 Å². The SMILES string of the molecule is OCC1CC(c2ccc(C(F)(F)F)cc2)CO1. The maximum Gasteiger partial charge on any atom is 0.416 e. The Morgan fingerprint density at radius 3 is 2.35 bits per heavy atom. The summed E-state index contributed by atoms with van der Waals surface area (Å²) in [5, 5.41) is 8.91. The van der Waals surface area contributed by atoms with Crippen LogP contribution in [0.4, 0.5) is 13.2 Å². The lowest BCUT2D eigenvalue weighted by Gasteiger charge is -2.11. The zero-order valence-corrected chi connectivity index (χ0v) is 9.07. The fourth-order valence-electron chi connectivity index (χ4n) is 2.01. The molecular weight excluding hydrogens is 233 g/mol. The third kappa shape index (κ3) is 2.79. The van der Waals surface area contributed by atoms with Crippen molar-refractivity contribution in [2.75, 3.05) is 13.2 Å². The zero-order valence-electron chi connectivity index (χ0n) is 9.07. The van der Waals surface area contributed by atoms with Crippen LogP contribution >= 0.6 is 0 Å². The molecule has 94 valence electrons. The van der Waals surface area contributed by atoms with Gasteiger partial charge in [0, 0.05) is 5.92 Å². The minimum Gasteiger partial charge on any atom is -0.394 e. The normalized spacial score (nSPS) is 25.2. The van der Waals surface area contributed by atoms with Gasteiger partial charge in [-0.25, -0.2) is 0 Å². The molecule has 0 amide bonds. The van der Waals surface area contributed by atoms with Crippen molar-refractivity contribution in [3.05, 3.63) is 35.4 Å². The number of aliphatic hydroxyl groups is 1. The first-order valence-corrected chi connectivity index (χ1v) is 5.40. The van der Waals surface area contributed by atoms with Crippen molar-refractivity contribution in [1.29, 1.82) is 0 Å². The molecule has 2 rings (SSSR count). The van der Waals surface area contributed by atoms with Crippen LogP contribution in [0.5, 0.6) is 0 Å². The van der Waals surface area contributed by atoms with Gasteiger partial charge in [-0.15, -0.1) is 0 Å². The minimum absolute atomic E-state index is 0.0445. The highest BCUT2D eigenvalue weighted by Crippen LogP contribution is 2.33. The van der Waals surface area contributed by atoms with Gasteiger partial charge in [-0.2, -0.15) is 13.2 Å². The molecule has 17 heavy (non-hydrogen) atoms. The first kappa shape index (κ1) is 12.4. The molecule has 0 aliphatic carbocycles. The second-order valence-electron chi connectivity index (χ2n) is 4.19. The van der Waals surface area contributed by atoms with Gasteiger partial charge < -0.3 is 9.84 Å². The van der Waals surface area contributed by atoms with Crippen molar-refractivity contribution in [2.24, 2.45) is 0 Å². The van der Waals surface area contributed by atoms with E-state index in [1.807, 2.05) is 0 Å². The van der Waals surface area contributed by atoms with Gasteiger partial charge in [-0.05, 0) is 24.1 Å². The highest BCUT2D eigenvalue weighted by Gasteiger charge is 2.31. The van der Waals surface area contributed by atoms with Gasteiger partial charge in [0.25, 0.3) is 0 Å². The lowest BCUT2D eigenvalue weighted by atomic mass is 9.95. The average molecular weight is 246 g/mol. The highest BCUT2D eigenvalue weighted by atomic mass is 19.4. The van der Waals surface area contributed by atoms with Crippen LogP contribution in [0.3, 0.4) is 0 Å². The van der Waals surface area contributed by atoms with E-state index in [0.29, 0.717) is 13.0 Å². The van der Waals surface area contributed by atoms with Gasteiger partial charge >= 0.3 is 6.18 Å². The zero-order chi connectivity index (χ0) is 12.5. The number of halogens is 3. The van der Waals surface area contributed by atoms with Crippen molar-refractivity contribution in [1.82, 2.24) is 0 Å². The molecule has 1 fully saturated rings. The summed E-state index contributed by atoms with van der Waals surface area (Å²) in [4.78, 5) is 0. The van der Waals surface area contributed by atoms with Crippen LogP contribution in [-0.4, -0.2) is 24.4 Å². The van der Waals surface area contributed by atoms with Crippen molar-refractivity contribution >= 4 is 0 Å². The summed E-state index contributed by atoms with van der Waals surface area (Å²) in [6, 6.07) is 5.14. The quantitative estimate of drug-likeness (QED) is 0.869. The van der Waals surface area contributed by atoms with Gasteiger partial charge in [-0.3, -0.25) is 0 Å². The van der Waals surface area contributed by atoms with Crippen molar-refractivity contribution in [3.63, 3.8) is 0 Å². The van der Waals surface area contributed by atoms with Gasteiger partial charge in [0.05, 0.1) is 24.9 Å². The predicted molar refractivity (Wildman–Crippen MR) is 55.6 cm³/mol. The Hall–Kier alpha value is -1.07. The molecule has 1 aromatic rings. The van der Waals surface area contributed by atoms with E-state index in [0.717, 1.165) is 17.7 Å². The van der Waals surface area contributed by atoms with Crippen LogP contribution < -0.4 is 0 Å². The number of hydrogen-bond donors (Lipinski definition) is 1. The molecule has 0 radical (unpaired) electrons. The summed E-state index contributed by atoms with van der Waals surface area (Å²) in [5.41, 5.74) is 0.188. The maximum atomic E-state index is 12.4. The van der Waals surface area contributed by atoms with Crippen LogP contribution in [0.1, 0.15) is 23.5 Å². The summed E-state index contributed by atoms with van der Waals surface area (Å²) in [5.74, 6) is 0.0782. The van der Waals surface area contributed by atoms with Crippen LogP contribution in [-0.2, 0) is 10.9 Å². The fraction of sp³-hybridized carbons (Fsp3) is 0.500. The number of aliphatic hydroxyl groups excluding tert-OH is 1. The van der Waals surface area contributed by atoms with E-state index in [2.05, 4.69) is 0 Å². The van der Waals surface area contributed by atoms with Gasteiger partial charge in [0.2, 0.25) is 0 Å². The third-order valence-electron chi connectivity index (χ3n) is 2.99. The Morgan fingerprint density at radius 2 is 1.88 bits per heavy atom. The summed E-state index contributed by atoms with van der Waals surface area (Å²) >= 11 is 0. The Bertz CT molecular complexity index is 372. The standard InChI is InChI=1S/C12H13F3O2/c13-12(14,15)10-3-1-8(2-4-10)9-5-11(6-16)17-7-9/h1-4,9,11,16H,5-7H2. The Labute approximate surface area is 97.0 Å². The Morgan fingerprint density at radius 1 is 1.24 bits per heavy atom. The summed E-state index contributed by atoms with van der Waals surface area (Å²) in [6.07, 6.45) is -3.83. The molecule has 1 aromatic carbocycles. The van der Waals surface area contributed by atoms with Crippen LogP contribution in [0.2, 0.25) is 0 Å². The number of alkyl halides is 3. The molecule has 2 unspecified atom stereocenters. The highest BCUT2D eigenvalue weighted by molar-refractivity contribution is 5.27. The number of ether oxygens (including phenoxy) is 1. The molecule has 5 heteroatoms. The van der Waals surface area contributed by atoms with Crippen molar-refractivity contribution in [2.45, 2.75) is 24.6 Å². The van der Waals surface area contributed by atoms with Crippen LogP contribution in [0, 0.1) is 0 Å². The largest absolute Gasteiger partial charge is 0.416 e. The van der Waals surface area contributed by atoms with E-state index in [9.17, 15) is 13.2 Å². The molecule has 2 nitrogen and oxygen atoms in total. The molecule has 1 N–H and O–H groups in total. The van der Waals surface area contributed by atoms with E-state index in [1.54, 1.807) is 0 Å². The summed E-state index contributed by atoms with van der Waals surface area (Å²) < 4.78 is 42.4. The summed E-state index contributed by atoms with van der Waals surface area (Å²) in [6.45, 7) is 0.410. The smallest absolute Gasteiger partial charge is 0.394 e. The van der Waals surface area contributed by atoms with Crippen molar-refractivity contribution < 1.29 is 23.0 Å². The van der Waals surface area contributed by atoms with Crippen LogP contribution in [0.15, 0.2) is 24.3 Å². The van der Waals surface area contributed by atoms with Gasteiger partial charge in [0.1, 0.15) is 0 Å². The van der Waals surface area contributed by atoms with E-state index in [-0.39, 0.29) is 18.6 Å². The molecule has 1 aliphatic heterocycles. The number of benzene rings is 1. The first-order valence-electron chi connectivity index (χ1n) is 5.40. The first-order chi connectivity index (χ1) is 8.00. The molecule has 1 saturated heterocycles. The monoisotopic (exact) mass is 246 g/mol. The van der Waals surface area contributed by atoms with E-state index in [4.69, 9.17) is 9.84 Å². The fourth-order valence-corrected chi connectivity index (χ4v) is 2.01. The Kier molecular flexibility index (Phi) is 3.40. The number of hydrogen-bond acceptors (Lipinski definition) is 2. The minimum atomic E-state index is -4.29. The lowest BCUT2D eigenvalue weighted by molar-refractivity contribution is -0.137. The lowest BCUT2D eigenvalue weighted by Crippen LogP contribution is -2.09. The molecule has 0 saturated carbocycles. The molecular formula is C12H13F3O2. The molecule has 0 spiro atoms. The molecule has 2 atom stereocenters. The average Bonchev–Trinajstić information content (AvgIpc) is 2.76. The van der Waals surface area contributed by atoms with Crippen molar-refractivity contribution in [3.8, 4) is 0 Å². The Balaban J connectivity index is 2.09. The van der Waals surface area contributed by atoms with E-state index < -0.39 is 11.7 Å². The van der Waals surface area contributed by atoms with E-state index >= 15 is 0 Å². The molecule has 0 bridgehead atoms. The van der Waals surface area contributed by atoms with E-state index in [1.165, 1.54) is 12.1 Å².